The number of hydrogen-bond acceptors (Lipinski definition) is 8. The number of nitrogens with zero attached hydrogens (tertiary/aromatic N) is 2. The summed E-state index contributed by atoms with van der Waals surface area (Å²) in [7, 11) is -1.16. The van der Waals surface area contributed by atoms with Crippen LogP contribution in [-0.2, 0) is 21.4 Å². The van der Waals surface area contributed by atoms with Crippen molar-refractivity contribution < 1.29 is 32.3 Å². The Hall–Kier alpha value is -3.18. The zero-order valence-corrected chi connectivity index (χ0v) is 18.5. The van der Waals surface area contributed by atoms with Gasteiger partial charge in [0, 0.05) is 30.8 Å². The van der Waals surface area contributed by atoms with Gasteiger partial charge in [-0.2, -0.15) is 4.31 Å². The molecule has 11 heteroatoms. The van der Waals surface area contributed by atoms with Gasteiger partial charge in [0.05, 0.1) is 24.7 Å². The van der Waals surface area contributed by atoms with E-state index in [1.165, 1.54) is 54.9 Å². The molecule has 168 valence electrons. The lowest BCUT2D eigenvalue weighted by Crippen LogP contribution is -2.31. The van der Waals surface area contributed by atoms with Crippen molar-refractivity contribution >= 4 is 21.7 Å². The summed E-state index contributed by atoms with van der Waals surface area (Å²) in [5.74, 6) is -0.381. The van der Waals surface area contributed by atoms with E-state index in [1.807, 2.05) is 0 Å². The van der Waals surface area contributed by atoms with Gasteiger partial charge in [0.2, 0.25) is 10.0 Å². The molecule has 0 spiro atoms. The molecule has 0 bridgehead atoms. The summed E-state index contributed by atoms with van der Waals surface area (Å²) in [6.07, 6.45) is 0. The van der Waals surface area contributed by atoms with E-state index in [9.17, 15) is 23.3 Å². The fourth-order valence-corrected chi connectivity index (χ4v) is 4.57. The van der Waals surface area contributed by atoms with E-state index >= 15 is 0 Å². The van der Waals surface area contributed by atoms with Crippen molar-refractivity contribution in [2.45, 2.75) is 25.3 Å². The van der Waals surface area contributed by atoms with E-state index in [0.717, 1.165) is 0 Å². The number of methoxy groups -OCH3 is 2. The molecule has 2 aromatic carbocycles. The van der Waals surface area contributed by atoms with Crippen molar-refractivity contribution in [2.75, 3.05) is 27.3 Å². The third kappa shape index (κ3) is 5.30. The summed E-state index contributed by atoms with van der Waals surface area (Å²) in [6.45, 7) is 3.62. The molecule has 2 aromatic rings. The van der Waals surface area contributed by atoms with E-state index in [4.69, 9.17) is 14.2 Å². The Morgan fingerprint density at radius 2 is 1.65 bits per heavy atom. The second-order valence-corrected chi connectivity index (χ2v) is 8.19. The highest BCUT2D eigenvalue weighted by Gasteiger charge is 2.27. The molecule has 10 nitrogen and oxygen atoms in total. The number of nitro benzene ring substituents is 1. The highest BCUT2D eigenvalue weighted by molar-refractivity contribution is 7.89. The highest BCUT2D eigenvalue weighted by atomic mass is 32.2. The van der Waals surface area contributed by atoms with Crippen LogP contribution in [0.4, 0.5) is 5.69 Å². The number of nitro groups is 1. The van der Waals surface area contributed by atoms with Crippen LogP contribution in [0.2, 0.25) is 0 Å². The Balaban J connectivity index is 2.33. The molecule has 0 amide bonds. The average molecular weight is 452 g/mol. The predicted octanol–water partition coefficient (Wildman–Crippen LogP) is 3.00. The fraction of sp³-hybridized carbons (Fsp3) is 0.350. The molecule has 0 saturated heterocycles. The van der Waals surface area contributed by atoms with E-state index in [1.54, 1.807) is 13.8 Å². The second kappa shape index (κ2) is 10.2. The predicted molar refractivity (Wildman–Crippen MR) is 112 cm³/mol. The van der Waals surface area contributed by atoms with E-state index in [-0.39, 0.29) is 41.6 Å². The molecule has 0 saturated carbocycles. The lowest BCUT2D eigenvalue weighted by Gasteiger charge is -2.20. The third-order valence-corrected chi connectivity index (χ3v) is 6.63. The molecule has 0 aliphatic heterocycles. The van der Waals surface area contributed by atoms with Crippen molar-refractivity contribution in [1.82, 2.24) is 4.31 Å². The number of non-ortho nitro benzene ring substituents is 1. The molecule has 0 aliphatic rings. The lowest BCUT2D eigenvalue weighted by molar-refractivity contribution is -0.385. The summed E-state index contributed by atoms with van der Waals surface area (Å²) in [5.41, 5.74) is 0.120. The molecule has 0 aliphatic carbocycles. The smallest absolute Gasteiger partial charge is 0.338 e. The summed E-state index contributed by atoms with van der Waals surface area (Å²) in [5, 5.41) is 11.0. The first kappa shape index (κ1) is 24.1. The monoisotopic (exact) mass is 452 g/mol. The normalized spacial score (nSPS) is 11.3. The van der Waals surface area contributed by atoms with Gasteiger partial charge in [0.25, 0.3) is 5.69 Å². The highest BCUT2D eigenvalue weighted by Crippen LogP contribution is 2.29. The SMILES string of the molecule is CCN(CC)S(=O)(=O)c1cc(C(=O)OCc2cc([N+](=O)[O-])ccc2OC)ccc1OC. The largest absolute Gasteiger partial charge is 0.496 e. The average Bonchev–Trinajstić information content (AvgIpc) is 2.77. The topological polar surface area (TPSA) is 125 Å². The Kier molecular flexibility index (Phi) is 7.95. The summed E-state index contributed by atoms with van der Waals surface area (Å²) in [4.78, 5) is 22.8. The van der Waals surface area contributed by atoms with Gasteiger partial charge < -0.3 is 14.2 Å². The summed E-state index contributed by atoms with van der Waals surface area (Å²) >= 11 is 0. The second-order valence-electron chi connectivity index (χ2n) is 6.28. The molecule has 0 atom stereocenters. The number of rotatable bonds is 10. The van der Waals surface area contributed by atoms with Crippen LogP contribution >= 0.6 is 0 Å². The van der Waals surface area contributed by atoms with Gasteiger partial charge in [-0.15, -0.1) is 0 Å². The first-order chi connectivity index (χ1) is 14.7. The van der Waals surface area contributed by atoms with Crippen molar-refractivity contribution in [3.8, 4) is 11.5 Å². The van der Waals surface area contributed by atoms with E-state index in [2.05, 4.69) is 0 Å². The fourth-order valence-electron chi connectivity index (χ4n) is 2.93. The minimum Gasteiger partial charge on any atom is -0.496 e. The van der Waals surface area contributed by atoms with Gasteiger partial charge in [-0.3, -0.25) is 10.1 Å². The van der Waals surface area contributed by atoms with Gasteiger partial charge in [-0.1, -0.05) is 13.8 Å². The van der Waals surface area contributed by atoms with Crippen molar-refractivity contribution in [3.63, 3.8) is 0 Å². The van der Waals surface area contributed by atoms with Crippen molar-refractivity contribution in [1.29, 1.82) is 0 Å². The van der Waals surface area contributed by atoms with Gasteiger partial charge in [-0.05, 0) is 24.3 Å². The number of sulfonamides is 1. The molecular formula is C20H24N2O8S. The van der Waals surface area contributed by atoms with Crippen LogP contribution in [0.25, 0.3) is 0 Å². The van der Waals surface area contributed by atoms with E-state index < -0.39 is 20.9 Å². The number of benzene rings is 2. The van der Waals surface area contributed by atoms with Crippen LogP contribution in [0.15, 0.2) is 41.3 Å². The summed E-state index contributed by atoms with van der Waals surface area (Å²) < 4.78 is 42.7. The van der Waals surface area contributed by atoms with Gasteiger partial charge in [-0.25, -0.2) is 13.2 Å². The van der Waals surface area contributed by atoms with Crippen molar-refractivity contribution in [3.05, 3.63) is 57.6 Å². The Morgan fingerprint density at radius 1 is 1.03 bits per heavy atom. The molecule has 0 N–H and O–H groups in total. The molecule has 0 heterocycles. The first-order valence-electron chi connectivity index (χ1n) is 9.36. The van der Waals surface area contributed by atoms with Crippen LogP contribution in [0, 0.1) is 10.1 Å². The molecule has 0 aromatic heterocycles. The standard InChI is InChI=1S/C20H24N2O8S/c1-5-21(6-2)31(26,27)19-12-14(7-9-18(19)29-4)20(23)30-13-15-11-16(22(24)25)8-10-17(15)28-3/h7-12H,5-6,13H2,1-4H3. The third-order valence-electron chi connectivity index (χ3n) is 4.56. The maximum Gasteiger partial charge on any atom is 0.338 e. The molecule has 31 heavy (non-hydrogen) atoms. The number of carbonyl (C=O) groups is 1. The number of carbonyl (C=O) groups excluding carboxylic acids is 1. The lowest BCUT2D eigenvalue weighted by atomic mass is 10.2. The zero-order valence-electron chi connectivity index (χ0n) is 17.7. The van der Waals surface area contributed by atoms with Crippen LogP contribution in [-0.4, -0.2) is 50.9 Å². The minimum atomic E-state index is -3.89. The Bertz CT molecular complexity index is 1060. The van der Waals surface area contributed by atoms with Crippen LogP contribution in [0.1, 0.15) is 29.8 Å². The Morgan fingerprint density at radius 3 is 2.19 bits per heavy atom. The molecule has 0 unspecified atom stereocenters. The number of esters is 1. The molecule has 0 fully saturated rings. The van der Waals surface area contributed by atoms with Crippen LogP contribution < -0.4 is 9.47 Å². The quantitative estimate of drug-likeness (QED) is 0.306. The zero-order chi connectivity index (χ0) is 23.2. The number of hydrogen-bond donors (Lipinski definition) is 0. The maximum atomic E-state index is 12.9. The number of ether oxygens (including phenoxy) is 3. The molecule has 2 rings (SSSR count). The Labute approximate surface area is 180 Å². The first-order valence-corrected chi connectivity index (χ1v) is 10.8. The van der Waals surface area contributed by atoms with Crippen LogP contribution in [0.3, 0.4) is 0 Å². The minimum absolute atomic E-state index is 0.00377. The van der Waals surface area contributed by atoms with Crippen molar-refractivity contribution in [2.24, 2.45) is 0 Å². The van der Waals surface area contributed by atoms with E-state index in [0.29, 0.717) is 11.3 Å². The maximum absolute atomic E-state index is 12.9. The van der Waals surface area contributed by atoms with Crippen LogP contribution in [0.5, 0.6) is 11.5 Å². The molecular weight excluding hydrogens is 428 g/mol. The van der Waals surface area contributed by atoms with Gasteiger partial charge >= 0.3 is 5.97 Å². The molecule has 0 radical (unpaired) electrons. The van der Waals surface area contributed by atoms with Gasteiger partial charge in [0.1, 0.15) is 23.0 Å². The van der Waals surface area contributed by atoms with Gasteiger partial charge in [0.15, 0.2) is 0 Å². The summed E-state index contributed by atoms with van der Waals surface area (Å²) in [6, 6.07) is 7.88.